The summed E-state index contributed by atoms with van der Waals surface area (Å²) in [5.74, 6) is -0.145. The van der Waals surface area contributed by atoms with Gasteiger partial charge in [0.05, 0.1) is 17.3 Å². The molecule has 2 N–H and O–H groups in total. The fraction of sp³-hybridized carbons (Fsp3) is 0.316. The van der Waals surface area contributed by atoms with Gasteiger partial charge in [0.2, 0.25) is 5.91 Å². The van der Waals surface area contributed by atoms with Gasteiger partial charge in [-0.05, 0) is 49.5 Å². The first-order chi connectivity index (χ1) is 12.5. The highest BCUT2D eigenvalue weighted by Gasteiger charge is 2.14. The average molecular weight is 393 g/mol. The lowest BCUT2D eigenvalue weighted by Crippen LogP contribution is -2.44. The Morgan fingerprint density at radius 3 is 2.42 bits per heavy atom. The van der Waals surface area contributed by atoms with Crippen LogP contribution in [-0.4, -0.2) is 50.6 Å². The summed E-state index contributed by atoms with van der Waals surface area (Å²) in [5.41, 5.74) is 2.59. The van der Waals surface area contributed by atoms with Gasteiger partial charge < -0.3 is 20.4 Å². The van der Waals surface area contributed by atoms with Crippen LogP contribution >= 0.6 is 23.2 Å². The number of hydrogen-bond donors (Lipinski definition) is 2. The molecule has 5 nitrogen and oxygen atoms in total. The lowest BCUT2D eigenvalue weighted by molar-refractivity contribution is -0.114. The Morgan fingerprint density at radius 1 is 1.04 bits per heavy atom. The molecule has 0 saturated carbocycles. The summed E-state index contributed by atoms with van der Waals surface area (Å²) in [6.07, 6.45) is 0. The minimum Gasteiger partial charge on any atom is -0.375 e. The Labute approximate surface area is 163 Å². The van der Waals surface area contributed by atoms with Crippen LogP contribution in [0.4, 0.5) is 17.1 Å². The third-order valence-electron chi connectivity index (χ3n) is 4.39. The van der Waals surface area contributed by atoms with Crippen molar-refractivity contribution in [1.82, 2.24) is 4.90 Å². The van der Waals surface area contributed by atoms with E-state index in [0.29, 0.717) is 15.7 Å². The van der Waals surface area contributed by atoms with Crippen LogP contribution in [-0.2, 0) is 4.79 Å². The topological polar surface area (TPSA) is 47.6 Å². The number of hydrogen-bond acceptors (Lipinski definition) is 4. The van der Waals surface area contributed by atoms with E-state index in [9.17, 15) is 4.79 Å². The normalized spacial score (nSPS) is 15.0. The van der Waals surface area contributed by atoms with E-state index < -0.39 is 0 Å². The first kappa shape index (κ1) is 18.8. The molecule has 0 aliphatic carbocycles. The van der Waals surface area contributed by atoms with Gasteiger partial charge in [-0.3, -0.25) is 4.79 Å². The Kier molecular flexibility index (Phi) is 6.25. The van der Waals surface area contributed by atoms with Gasteiger partial charge in [-0.1, -0.05) is 23.2 Å². The molecule has 2 aromatic carbocycles. The van der Waals surface area contributed by atoms with Crippen molar-refractivity contribution in [3.63, 3.8) is 0 Å². The number of carbonyl (C=O) groups is 1. The fourth-order valence-electron chi connectivity index (χ4n) is 2.83. The number of piperazine rings is 1. The van der Waals surface area contributed by atoms with Gasteiger partial charge in [0.1, 0.15) is 0 Å². The number of anilines is 3. The van der Waals surface area contributed by atoms with Crippen LogP contribution in [0.1, 0.15) is 0 Å². The van der Waals surface area contributed by atoms with E-state index in [2.05, 4.69) is 27.5 Å². The number of halogens is 2. The summed E-state index contributed by atoms with van der Waals surface area (Å²) in [7, 11) is 2.14. The Balaban J connectivity index is 1.52. The highest BCUT2D eigenvalue weighted by molar-refractivity contribution is 6.35. The lowest BCUT2D eigenvalue weighted by Gasteiger charge is -2.34. The molecule has 2 aromatic rings. The molecule has 0 bridgehead atoms. The number of likely N-dealkylation sites (N-methyl/N-ethyl adjacent to an activating group) is 1. The van der Waals surface area contributed by atoms with Crippen LogP contribution in [0.25, 0.3) is 0 Å². The number of nitrogens with one attached hydrogen (secondary N) is 2. The molecule has 1 saturated heterocycles. The minimum atomic E-state index is -0.145. The molecule has 0 aromatic heterocycles. The van der Waals surface area contributed by atoms with Crippen LogP contribution in [0, 0.1) is 0 Å². The molecule has 1 heterocycles. The molecular weight excluding hydrogens is 371 g/mol. The number of nitrogens with zero attached hydrogens (tertiary/aromatic N) is 2. The number of carbonyl (C=O) groups excluding carboxylic acids is 1. The fourth-order valence-corrected chi connectivity index (χ4v) is 3.19. The van der Waals surface area contributed by atoms with E-state index >= 15 is 0 Å². The number of rotatable bonds is 5. The van der Waals surface area contributed by atoms with Gasteiger partial charge in [-0.25, -0.2) is 0 Å². The molecule has 7 heteroatoms. The molecule has 138 valence electrons. The van der Waals surface area contributed by atoms with Crippen LogP contribution in [0.2, 0.25) is 10.0 Å². The van der Waals surface area contributed by atoms with E-state index in [1.165, 1.54) is 5.69 Å². The molecule has 1 aliphatic heterocycles. The molecule has 0 unspecified atom stereocenters. The molecule has 26 heavy (non-hydrogen) atoms. The number of amides is 1. The average Bonchev–Trinajstić information content (AvgIpc) is 2.64. The van der Waals surface area contributed by atoms with E-state index in [1.54, 1.807) is 18.2 Å². The zero-order chi connectivity index (χ0) is 18.5. The third kappa shape index (κ3) is 5.04. The van der Waals surface area contributed by atoms with Gasteiger partial charge in [0.15, 0.2) is 0 Å². The van der Waals surface area contributed by atoms with E-state index in [-0.39, 0.29) is 12.5 Å². The van der Waals surface area contributed by atoms with Gasteiger partial charge >= 0.3 is 0 Å². The van der Waals surface area contributed by atoms with Crippen LogP contribution in [0.3, 0.4) is 0 Å². The van der Waals surface area contributed by atoms with Crippen LogP contribution in [0.5, 0.6) is 0 Å². The second-order valence-electron chi connectivity index (χ2n) is 6.36. The Bertz CT molecular complexity index is 759. The minimum absolute atomic E-state index is 0.111. The molecule has 1 aliphatic rings. The van der Waals surface area contributed by atoms with Crippen molar-refractivity contribution in [3.8, 4) is 0 Å². The molecule has 1 amide bonds. The quantitative estimate of drug-likeness (QED) is 0.812. The zero-order valence-electron chi connectivity index (χ0n) is 14.6. The van der Waals surface area contributed by atoms with Gasteiger partial charge in [0.25, 0.3) is 0 Å². The van der Waals surface area contributed by atoms with Gasteiger partial charge in [-0.2, -0.15) is 0 Å². The van der Waals surface area contributed by atoms with Crippen molar-refractivity contribution in [1.29, 1.82) is 0 Å². The van der Waals surface area contributed by atoms with Crippen molar-refractivity contribution in [2.45, 2.75) is 0 Å². The van der Waals surface area contributed by atoms with Crippen molar-refractivity contribution in [2.24, 2.45) is 0 Å². The summed E-state index contributed by atoms with van der Waals surface area (Å²) in [6.45, 7) is 4.28. The monoisotopic (exact) mass is 392 g/mol. The summed E-state index contributed by atoms with van der Waals surface area (Å²) in [4.78, 5) is 16.8. The predicted molar refractivity (Wildman–Crippen MR) is 110 cm³/mol. The first-order valence-electron chi connectivity index (χ1n) is 8.53. The van der Waals surface area contributed by atoms with Crippen molar-refractivity contribution < 1.29 is 4.79 Å². The van der Waals surface area contributed by atoms with Crippen LogP contribution in [0.15, 0.2) is 42.5 Å². The predicted octanol–water partition coefficient (Wildman–Crippen LogP) is 3.80. The summed E-state index contributed by atoms with van der Waals surface area (Å²) in [6, 6.07) is 13.0. The number of benzene rings is 2. The highest BCUT2D eigenvalue weighted by Crippen LogP contribution is 2.25. The Morgan fingerprint density at radius 2 is 1.73 bits per heavy atom. The third-order valence-corrected chi connectivity index (χ3v) is 4.95. The lowest BCUT2D eigenvalue weighted by atomic mass is 10.2. The maximum absolute atomic E-state index is 12.1. The van der Waals surface area contributed by atoms with Gasteiger partial charge in [-0.15, -0.1) is 0 Å². The first-order valence-corrected chi connectivity index (χ1v) is 9.29. The summed E-state index contributed by atoms with van der Waals surface area (Å²) >= 11 is 12.0. The maximum Gasteiger partial charge on any atom is 0.243 e. The van der Waals surface area contributed by atoms with Crippen LogP contribution < -0.4 is 15.5 Å². The molecule has 3 rings (SSSR count). The molecule has 0 spiro atoms. The summed E-state index contributed by atoms with van der Waals surface area (Å²) in [5, 5.41) is 6.97. The van der Waals surface area contributed by atoms with E-state index in [0.717, 1.165) is 31.9 Å². The molecule has 0 radical (unpaired) electrons. The highest BCUT2D eigenvalue weighted by atomic mass is 35.5. The Hall–Kier alpha value is -1.95. The maximum atomic E-state index is 12.1. The van der Waals surface area contributed by atoms with E-state index in [1.807, 2.05) is 24.3 Å². The smallest absolute Gasteiger partial charge is 0.243 e. The molecule has 0 atom stereocenters. The second-order valence-corrected chi connectivity index (χ2v) is 7.21. The molecule has 1 fully saturated rings. The SMILES string of the molecule is CN1CCN(c2ccc(NC(=O)CNc3cc(Cl)ccc3Cl)cc2)CC1. The van der Waals surface area contributed by atoms with Crippen molar-refractivity contribution in [3.05, 3.63) is 52.5 Å². The zero-order valence-corrected chi connectivity index (χ0v) is 16.1. The van der Waals surface area contributed by atoms with Crippen molar-refractivity contribution >= 4 is 46.2 Å². The van der Waals surface area contributed by atoms with Gasteiger partial charge in [0, 0.05) is 42.6 Å². The van der Waals surface area contributed by atoms with Crippen molar-refractivity contribution in [2.75, 3.05) is 55.3 Å². The second kappa shape index (κ2) is 8.62. The standard InChI is InChI=1S/C19H22Cl2N4O/c1-24-8-10-25(11-9-24)16-5-3-15(4-6-16)23-19(26)13-22-18-12-14(20)2-7-17(18)21/h2-7,12,22H,8-11,13H2,1H3,(H,23,26). The summed E-state index contributed by atoms with van der Waals surface area (Å²) < 4.78 is 0. The largest absolute Gasteiger partial charge is 0.375 e. The van der Waals surface area contributed by atoms with E-state index in [4.69, 9.17) is 23.2 Å². The molecular formula is C19H22Cl2N4O.